The SMILES string of the molecule is CCc1ccccc1NCc1nnc(C)n1C. The molecule has 4 heteroatoms. The molecular weight excluding hydrogens is 212 g/mol. The third kappa shape index (κ3) is 2.46. The first-order valence-corrected chi connectivity index (χ1v) is 5.89. The van der Waals surface area contributed by atoms with E-state index in [-0.39, 0.29) is 0 Å². The number of benzene rings is 1. The predicted octanol–water partition coefficient (Wildman–Crippen LogP) is 2.30. The largest absolute Gasteiger partial charge is 0.378 e. The number of nitrogens with zero attached hydrogens (tertiary/aromatic N) is 3. The van der Waals surface area contributed by atoms with Crippen LogP contribution in [0.4, 0.5) is 5.69 Å². The van der Waals surface area contributed by atoms with E-state index >= 15 is 0 Å². The Hall–Kier alpha value is -1.84. The molecule has 0 saturated carbocycles. The van der Waals surface area contributed by atoms with Gasteiger partial charge in [-0.25, -0.2) is 0 Å². The van der Waals surface area contributed by atoms with Gasteiger partial charge in [-0.3, -0.25) is 0 Å². The maximum Gasteiger partial charge on any atom is 0.152 e. The van der Waals surface area contributed by atoms with Crippen LogP contribution in [0.15, 0.2) is 24.3 Å². The summed E-state index contributed by atoms with van der Waals surface area (Å²) in [7, 11) is 1.98. The van der Waals surface area contributed by atoms with Gasteiger partial charge in [-0.1, -0.05) is 25.1 Å². The summed E-state index contributed by atoms with van der Waals surface area (Å²) in [5, 5.41) is 11.6. The monoisotopic (exact) mass is 230 g/mol. The maximum atomic E-state index is 4.14. The summed E-state index contributed by atoms with van der Waals surface area (Å²) in [6.07, 6.45) is 1.03. The van der Waals surface area contributed by atoms with Crippen molar-refractivity contribution in [2.45, 2.75) is 26.8 Å². The summed E-state index contributed by atoms with van der Waals surface area (Å²) < 4.78 is 2.00. The molecule has 0 unspecified atom stereocenters. The van der Waals surface area contributed by atoms with E-state index in [4.69, 9.17) is 0 Å². The van der Waals surface area contributed by atoms with Gasteiger partial charge >= 0.3 is 0 Å². The van der Waals surface area contributed by atoms with Gasteiger partial charge in [0.15, 0.2) is 5.82 Å². The van der Waals surface area contributed by atoms with Crippen molar-refractivity contribution < 1.29 is 0 Å². The number of rotatable bonds is 4. The quantitative estimate of drug-likeness (QED) is 0.876. The van der Waals surface area contributed by atoms with Gasteiger partial charge in [0, 0.05) is 12.7 Å². The first-order valence-electron chi connectivity index (χ1n) is 5.89. The van der Waals surface area contributed by atoms with E-state index in [9.17, 15) is 0 Å². The minimum absolute atomic E-state index is 0.703. The van der Waals surface area contributed by atoms with Crippen LogP contribution in [0.5, 0.6) is 0 Å². The van der Waals surface area contributed by atoms with Crippen LogP contribution in [0.2, 0.25) is 0 Å². The van der Waals surface area contributed by atoms with Crippen molar-refractivity contribution in [3.8, 4) is 0 Å². The normalized spacial score (nSPS) is 10.5. The fraction of sp³-hybridized carbons (Fsp3) is 0.385. The molecule has 1 N–H and O–H groups in total. The van der Waals surface area contributed by atoms with Crippen molar-refractivity contribution in [1.29, 1.82) is 0 Å². The maximum absolute atomic E-state index is 4.14. The molecule has 0 radical (unpaired) electrons. The summed E-state index contributed by atoms with van der Waals surface area (Å²) in [6.45, 7) is 4.82. The molecule has 1 aromatic heterocycles. The Bertz CT molecular complexity index is 502. The highest BCUT2D eigenvalue weighted by molar-refractivity contribution is 5.50. The molecular formula is C13H18N4. The van der Waals surface area contributed by atoms with Crippen molar-refractivity contribution >= 4 is 5.69 Å². The van der Waals surface area contributed by atoms with E-state index in [2.05, 4.69) is 40.6 Å². The van der Waals surface area contributed by atoms with E-state index in [0.29, 0.717) is 6.54 Å². The lowest BCUT2D eigenvalue weighted by Crippen LogP contribution is -2.07. The molecule has 1 heterocycles. The Kier molecular flexibility index (Phi) is 3.42. The Morgan fingerprint density at radius 2 is 2.00 bits per heavy atom. The van der Waals surface area contributed by atoms with Crippen LogP contribution in [0.1, 0.15) is 24.1 Å². The highest BCUT2D eigenvalue weighted by atomic mass is 15.3. The van der Waals surface area contributed by atoms with Crippen molar-refractivity contribution in [2.24, 2.45) is 7.05 Å². The number of anilines is 1. The number of hydrogen-bond donors (Lipinski definition) is 1. The van der Waals surface area contributed by atoms with Crippen LogP contribution < -0.4 is 5.32 Å². The van der Waals surface area contributed by atoms with Gasteiger partial charge in [-0.2, -0.15) is 0 Å². The number of hydrogen-bond acceptors (Lipinski definition) is 3. The smallest absolute Gasteiger partial charge is 0.152 e. The third-order valence-electron chi connectivity index (χ3n) is 3.02. The fourth-order valence-electron chi connectivity index (χ4n) is 1.78. The standard InChI is InChI=1S/C13H18N4/c1-4-11-7-5-6-8-12(11)14-9-13-16-15-10(2)17(13)3/h5-8,14H,4,9H2,1-3H3. The van der Waals surface area contributed by atoms with Gasteiger partial charge in [0.2, 0.25) is 0 Å². The van der Waals surface area contributed by atoms with Gasteiger partial charge < -0.3 is 9.88 Å². The van der Waals surface area contributed by atoms with Gasteiger partial charge in [0.1, 0.15) is 5.82 Å². The number of para-hydroxylation sites is 1. The van der Waals surface area contributed by atoms with E-state index in [0.717, 1.165) is 18.1 Å². The first-order chi connectivity index (χ1) is 8.22. The van der Waals surface area contributed by atoms with E-state index in [1.807, 2.05) is 24.6 Å². The molecule has 17 heavy (non-hydrogen) atoms. The number of nitrogens with one attached hydrogen (secondary N) is 1. The molecule has 2 aromatic rings. The summed E-state index contributed by atoms with van der Waals surface area (Å²) >= 11 is 0. The van der Waals surface area contributed by atoms with Gasteiger partial charge in [-0.05, 0) is 25.0 Å². The van der Waals surface area contributed by atoms with Crippen molar-refractivity contribution in [2.75, 3.05) is 5.32 Å². The molecule has 0 amide bonds. The Balaban J connectivity index is 2.10. The minimum atomic E-state index is 0.703. The summed E-state index contributed by atoms with van der Waals surface area (Å²) in [4.78, 5) is 0. The van der Waals surface area contributed by atoms with Gasteiger partial charge in [-0.15, -0.1) is 10.2 Å². The van der Waals surface area contributed by atoms with Crippen LogP contribution >= 0.6 is 0 Å². The molecule has 0 spiro atoms. The second-order valence-corrected chi connectivity index (χ2v) is 4.09. The molecule has 0 fully saturated rings. The van der Waals surface area contributed by atoms with Crippen LogP contribution in [-0.2, 0) is 20.0 Å². The Labute approximate surface area is 102 Å². The Morgan fingerprint density at radius 1 is 1.24 bits per heavy atom. The molecule has 2 rings (SSSR count). The van der Waals surface area contributed by atoms with Crippen LogP contribution in [0.3, 0.4) is 0 Å². The van der Waals surface area contributed by atoms with Crippen LogP contribution in [-0.4, -0.2) is 14.8 Å². The fourth-order valence-corrected chi connectivity index (χ4v) is 1.78. The lowest BCUT2D eigenvalue weighted by atomic mass is 10.1. The molecule has 90 valence electrons. The minimum Gasteiger partial charge on any atom is -0.378 e. The molecule has 0 aliphatic carbocycles. The highest BCUT2D eigenvalue weighted by Crippen LogP contribution is 2.16. The van der Waals surface area contributed by atoms with Gasteiger partial charge in [0.25, 0.3) is 0 Å². The van der Waals surface area contributed by atoms with Crippen molar-refractivity contribution in [3.05, 3.63) is 41.5 Å². The van der Waals surface area contributed by atoms with Gasteiger partial charge in [0.05, 0.1) is 6.54 Å². The average molecular weight is 230 g/mol. The molecule has 0 aliphatic heterocycles. The lowest BCUT2D eigenvalue weighted by molar-refractivity contribution is 0.788. The van der Waals surface area contributed by atoms with E-state index in [1.54, 1.807) is 0 Å². The van der Waals surface area contributed by atoms with Crippen LogP contribution in [0, 0.1) is 6.92 Å². The molecule has 1 aromatic carbocycles. The molecule has 4 nitrogen and oxygen atoms in total. The van der Waals surface area contributed by atoms with Crippen molar-refractivity contribution in [3.63, 3.8) is 0 Å². The number of aromatic nitrogens is 3. The zero-order chi connectivity index (χ0) is 12.3. The zero-order valence-electron chi connectivity index (χ0n) is 10.6. The molecule has 0 bridgehead atoms. The summed E-state index contributed by atoms with van der Waals surface area (Å²) in [6, 6.07) is 8.35. The van der Waals surface area contributed by atoms with Crippen LogP contribution in [0.25, 0.3) is 0 Å². The molecule has 0 aliphatic rings. The predicted molar refractivity (Wildman–Crippen MR) is 68.9 cm³/mol. The van der Waals surface area contributed by atoms with E-state index in [1.165, 1.54) is 11.3 Å². The topological polar surface area (TPSA) is 42.7 Å². The summed E-state index contributed by atoms with van der Waals surface area (Å²) in [5.41, 5.74) is 2.50. The Morgan fingerprint density at radius 3 is 2.65 bits per heavy atom. The lowest BCUT2D eigenvalue weighted by Gasteiger charge is -2.10. The second kappa shape index (κ2) is 4.99. The van der Waals surface area contributed by atoms with Crippen molar-refractivity contribution in [1.82, 2.24) is 14.8 Å². The van der Waals surface area contributed by atoms with E-state index < -0.39 is 0 Å². The zero-order valence-corrected chi connectivity index (χ0v) is 10.6. The number of aryl methyl sites for hydroxylation is 2. The summed E-state index contributed by atoms with van der Waals surface area (Å²) in [5.74, 6) is 1.89. The second-order valence-electron chi connectivity index (χ2n) is 4.09. The first kappa shape index (κ1) is 11.6. The molecule has 0 atom stereocenters. The molecule has 0 saturated heterocycles. The average Bonchev–Trinajstić information content (AvgIpc) is 2.68. The highest BCUT2D eigenvalue weighted by Gasteiger charge is 2.05. The third-order valence-corrected chi connectivity index (χ3v) is 3.02.